The second-order valence-electron chi connectivity index (χ2n) is 8.11. The van der Waals surface area contributed by atoms with Crippen molar-refractivity contribution in [1.82, 2.24) is 3.97 Å². The highest BCUT2D eigenvalue weighted by Crippen LogP contribution is 2.28. The van der Waals surface area contributed by atoms with Crippen molar-refractivity contribution in [1.29, 1.82) is 5.26 Å². The van der Waals surface area contributed by atoms with Crippen LogP contribution in [0.25, 0.3) is 17.0 Å². The first-order valence-electron chi connectivity index (χ1n) is 10.6. The van der Waals surface area contributed by atoms with E-state index in [4.69, 9.17) is 0 Å². The van der Waals surface area contributed by atoms with Crippen molar-refractivity contribution in [2.24, 2.45) is 0 Å². The largest absolute Gasteiger partial charge is 0.321 e. The van der Waals surface area contributed by atoms with Gasteiger partial charge in [0.25, 0.3) is 15.9 Å². The van der Waals surface area contributed by atoms with E-state index in [1.165, 1.54) is 16.2 Å². The second-order valence-corrected chi connectivity index (χ2v) is 9.92. The number of carbonyl (C=O) groups is 1. The Morgan fingerprint density at radius 1 is 0.941 bits per heavy atom. The predicted octanol–water partition coefficient (Wildman–Crippen LogP) is 5.35. The molecule has 1 heterocycles. The lowest BCUT2D eigenvalue weighted by molar-refractivity contribution is -0.112. The first kappa shape index (κ1) is 23.0. The summed E-state index contributed by atoms with van der Waals surface area (Å²) < 4.78 is 27.9. The SMILES string of the molecule is Cc1ccc(S(=O)(=O)n2cc(/C=C(\C#N)C(=O)Nc3c(C)cccc3C)c3ccccc32)cc1. The summed E-state index contributed by atoms with van der Waals surface area (Å²) in [6.07, 6.45) is 2.87. The van der Waals surface area contributed by atoms with Crippen molar-refractivity contribution in [3.05, 3.63) is 101 Å². The molecule has 34 heavy (non-hydrogen) atoms. The number of aromatic nitrogens is 1. The molecule has 0 aliphatic heterocycles. The van der Waals surface area contributed by atoms with E-state index in [1.54, 1.807) is 48.5 Å². The molecule has 0 unspecified atom stereocenters. The smallest absolute Gasteiger partial charge is 0.268 e. The van der Waals surface area contributed by atoms with Gasteiger partial charge in [-0.15, -0.1) is 0 Å². The zero-order valence-electron chi connectivity index (χ0n) is 19.0. The van der Waals surface area contributed by atoms with Crippen molar-refractivity contribution in [3.8, 4) is 6.07 Å². The van der Waals surface area contributed by atoms with Crippen molar-refractivity contribution >= 4 is 38.6 Å². The number of aryl methyl sites for hydroxylation is 3. The Kier molecular flexibility index (Phi) is 6.10. The quantitative estimate of drug-likeness (QED) is 0.315. The summed E-state index contributed by atoms with van der Waals surface area (Å²) in [4.78, 5) is 13.1. The molecule has 0 atom stereocenters. The average Bonchev–Trinajstić information content (AvgIpc) is 3.19. The Labute approximate surface area is 198 Å². The fourth-order valence-corrected chi connectivity index (χ4v) is 5.19. The third kappa shape index (κ3) is 4.24. The molecule has 170 valence electrons. The summed E-state index contributed by atoms with van der Waals surface area (Å²) in [7, 11) is -3.88. The van der Waals surface area contributed by atoms with Gasteiger partial charge in [-0.3, -0.25) is 4.79 Å². The highest BCUT2D eigenvalue weighted by molar-refractivity contribution is 7.90. The van der Waals surface area contributed by atoms with Gasteiger partial charge in [0.2, 0.25) is 0 Å². The maximum Gasteiger partial charge on any atom is 0.268 e. The van der Waals surface area contributed by atoms with Crippen molar-refractivity contribution < 1.29 is 13.2 Å². The molecule has 1 N–H and O–H groups in total. The van der Waals surface area contributed by atoms with E-state index in [-0.39, 0.29) is 10.5 Å². The van der Waals surface area contributed by atoms with Crippen molar-refractivity contribution in [3.63, 3.8) is 0 Å². The van der Waals surface area contributed by atoms with Crippen LogP contribution in [0.3, 0.4) is 0 Å². The summed E-state index contributed by atoms with van der Waals surface area (Å²) in [5.41, 5.74) is 4.16. The summed E-state index contributed by atoms with van der Waals surface area (Å²) in [6, 6.07) is 21.2. The molecule has 7 heteroatoms. The zero-order valence-corrected chi connectivity index (χ0v) is 19.8. The van der Waals surface area contributed by atoms with Crippen LogP contribution < -0.4 is 5.32 Å². The molecule has 0 bridgehead atoms. The monoisotopic (exact) mass is 469 g/mol. The summed E-state index contributed by atoms with van der Waals surface area (Å²) >= 11 is 0. The molecule has 3 aromatic carbocycles. The van der Waals surface area contributed by atoms with Crippen LogP contribution in [0.4, 0.5) is 5.69 Å². The predicted molar refractivity (Wildman–Crippen MR) is 134 cm³/mol. The van der Waals surface area contributed by atoms with Crippen molar-refractivity contribution in [2.75, 3.05) is 5.32 Å². The van der Waals surface area contributed by atoms with Crippen LogP contribution in [-0.4, -0.2) is 18.3 Å². The number of nitrogens with zero attached hydrogens (tertiary/aromatic N) is 2. The average molecular weight is 470 g/mol. The van der Waals surface area contributed by atoms with Gasteiger partial charge in [0.15, 0.2) is 0 Å². The van der Waals surface area contributed by atoms with Gasteiger partial charge in [-0.1, -0.05) is 54.1 Å². The van der Waals surface area contributed by atoms with E-state index in [1.807, 2.05) is 45.0 Å². The number of nitriles is 1. The number of para-hydroxylation sites is 2. The second kappa shape index (κ2) is 9.00. The molecule has 4 rings (SSSR count). The molecule has 0 aliphatic carbocycles. The van der Waals surface area contributed by atoms with E-state index in [0.717, 1.165) is 16.7 Å². The van der Waals surface area contributed by atoms with E-state index < -0.39 is 15.9 Å². The molecule has 1 amide bonds. The van der Waals surface area contributed by atoms with Crippen LogP contribution in [0.1, 0.15) is 22.3 Å². The van der Waals surface area contributed by atoms with E-state index in [2.05, 4.69) is 5.32 Å². The molecule has 0 spiro atoms. The third-order valence-corrected chi connectivity index (χ3v) is 7.36. The lowest BCUT2D eigenvalue weighted by atomic mass is 10.1. The Morgan fingerprint density at radius 2 is 1.59 bits per heavy atom. The molecule has 0 aliphatic rings. The number of fused-ring (bicyclic) bond motifs is 1. The minimum Gasteiger partial charge on any atom is -0.321 e. The van der Waals surface area contributed by atoms with Gasteiger partial charge in [-0.25, -0.2) is 12.4 Å². The number of amides is 1. The number of nitrogens with one attached hydrogen (secondary N) is 1. The molecular formula is C27H23N3O3S. The highest BCUT2D eigenvalue weighted by Gasteiger charge is 2.21. The van der Waals surface area contributed by atoms with Crippen LogP contribution in [0, 0.1) is 32.1 Å². The molecule has 0 saturated heterocycles. The van der Waals surface area contributed by atoms with Gasteiger partial charge in [0.05, 0.1) is 10.4 Å². The molecule has 1 aromatic heterocycles. The molecule has 0 radical (unpaired) electrons. The fourth-order valence-electron chi connectivity index (χ4n) is 3.81. The van der Waals surface area contributed by atoms with Gasteiger partial charge >= 0.3 is 0 Å². The standard InChI is InChI=1S/C27H23N3O3S/c1-18-11-13-23(14-12-18)34(32,33)30-17-22(24-9-4-5-10-25(24)30)15-21(16-28)27(31)29-26-19(2)7-6-8-20(26)3/h4-15,17H,1-3H3,(H,29,31)/b21-15+. The minimum atomic E-state index is -3.88. The molecule has 0 fully saturated rings. The summed E-state index contributed by atoms with van der Waals surface area (Å²) in [5.74, 6) is -0.557. The normalized spacial score (nSPS) is 11.9. The first-order valence-corrected chi connectivity index (χ1v) is 12.1. The maximum absolute atomic E-state index is 13.4. The number of hydrogen-bond acceptors (Lipinski definition) is 4. The Balaban J connectivity index is 1.80. The van der Waals surface area contributed by atoms with E-state index in [9.17, 15) is 18.5 Å². The van der Waals surface area contributed by atoms with Gasteiger partial charge in [0, 0.05) is 22.8 Å². The number of hydrogen-bond donors (Lipinski definition) is 1. The van der Waals surface area contributed by atoms with Crippen molar-refractivity contribution in [2.45, 2.75) is 25.7 Å². The number of anilines is 1. The van der Waals surface area contributed by atoms with Gasteiger partial charge in [-0.2, -0.15) is 5.26 Å². The number of rotatable bonds is 5. The molecule has 0 saturated carbocycles. The summed E-state index contributed by atoms with van der Waals surface area (Å²) in [5, 5.41) is 13.1. The minimum absolute atomic E-state index is 0.127. The van der Waals surface area contributed by atoms with Crippen LogP contribution in [0.5, 0.6) is 0 Å². The van der Waals surface area contributed by atoms with Crippen LogP contribution in [0.2, 0.25) is 0 Å². The van der Waals surface area contributed by atoms with Gasteiger partial charge in [0.1, 0.15) is 11.6 Å². The number of carbonyl (C=O) groups excluding carboxylic acids is 1. The highest BCUT2D eigenvalue weighted by atomic mass is 32.2. The van der Waals surface area contributed by atoms with Gasteiger partial charge < -0.3 is 5.32 Å². The van der Waals surface area contributed by atoms with Crippen LogP contribution >= 0.6 is 0 Å². The lowest BCUT2D eigenvalue weighted by Gasteiger charge is -2.10. The molecular weight excluding hydrogens is 446 g/mol. The fraction of sp³-hybridized carbons (Fsp3) is 0.111. The zero-order chi connectivity index (χ0) is 24.5. The van der Waals surface area contributed by atoms with E-state index >= 15 is 0 Å². The Morgan fingerprint density at radius 3 is 2.24 bits per heavy atom. The number of benzene rings is 3. The topological polar surface area (TPSA) is 92.0 Å². The Bertz CT molecular complexity index is 1570. The Hall–Kier alpha value is -4.15. The first-order chi connectivity index (χ1) is 16.2. The lowest BCUT2D eigenvalue weighted by Crippen LogP contribution is -2.15. The maximum atomic E-state index is 13.4. The summed E-state index contributed by atoms with van der Waals surface area (Å²) in [6.45, 7) is 5.64. The van der Waals surface area contributed by atoms with Gasteiger partial charge in [-0.05, 0) is 56.2 Å². The van der Waals surface area contributed by atoms with Crippen LogP contribution in [0.15, 0.2) is 83.4 Å². The van der Waals surface area contributed by atoms with Crippen LogP contribution in [-0.2, 0) is 14.8 Å². The third-order valence-electron chi connectivity index (χ3n) is 5.67. The van der Waals surface area contributed by atoms with E-state index in [0.29, 0.717) is 22.2 Å². The molecule has 6 nitrogen and oxygen atoms in total. The molecule has 4 aromatic rings.